The number of nitrogens with zero attached hydrogens (tertiary/aromatic N) is 3. The van der Waals surface area contributed by atoms with Crippen LogP contribution >= 0.6 is 11.3 Å². The van der Waals surface area contributed by atoms with Crippen molar-refractivity contribution in [2.24, 2.45) is 0 Å². The van der Waals surface area contributed by atoms with Crippen LogP contribution < -0.4 is 10.2 Å². The lowest BCUT2D eigenvalue weighted by atomic mass is 9.94. The second kappa shape index (κ2) is 7.05. The minimum atomic E-state index is -0.0169. The Morgan fingerprint density at radius 2 is 2.00 bits per heavy atom. The molecule has 0 spiro atoms. The zero-order chi connectivity index (χ0) is 17.3. The van der Waals surface area contributed by atoms with Gasteiger partial charge in [-0.15, -0.1) is 11.3 Å². The molecule has 1 aliphatic rings. The van der Waals surface area contributed by atoms with Crippen LogP contribution in [0.5, 0.6) is 0 Å². The number of nitrogens with one attached hydrogen (secondary N) is 1. The van der Waals surface area contributed by atoms with Gasteiger partial charge in [-0.3, -0.25) is 4.79 Å². The van der Waals surface area contributed by atoms with Crippen molar-refractivity contribution >= 4 is 33.3 Å². The van der Waals surface area contributed by atoms with Crippen LogP contribution in [0.4, 0.5) is 5.82 Å². The first-order valence-corrected chi connectivity index (χ1v) is 9.58. The minimum absolute atomic E-state index is 0.0169. The first-order chi connectivity index (χ1) is 11.5. The Hall–Kier alpha value is -1.69. The van der Waals surface area contributed by atoms with E-state index in [1.807, 2.05) is 20.8 Å². The molecule has 5 nitrogen and oxygen atoms in total. The average molecular weight is 347 g/mol. The van der Waals surface area contributed by atoms with Gasteiger partial charge in [0.1, 0.15) is 17.0 Å². The summed E-state index contributed by atoms with van der Waals surface area (Å²) in [4.78, 5) is 25.4. The lowest BCUT2D eigenvalue weighted by Gasteiger charge is -2.32. The van der Waals surface area contributed by atoms with Crippen molar-refractivity contribution in [1.29, 1.82) is 0 Å². The Labute approximate surface area is 147 Å². The van der Waals surface area contributed by atoms with Gasteiger partial charge in [0.2, 0.25) is 0 Å². The van der Waals surface area contributed by atoms with Crippen molar-refractivity contribution in [2.75, 3.05) is 11.9 Å². The van der Waals surface area contributed by atoms with Gasteiger partial charge in [-0.05, 0) is 39.2 Å². The van der Waals surface area contributed by atoms with Crippen LogP contribution in [-0.2, 0) is 0 Å². The molecule has 0 unspecified atom stereocenters. The summed E-state index contributed by atoms with van der Waals surface area (Å²) in [5.74, 6) is 0.945. The topological polar surface area (TPSA) is 58.1 Å². The highest BCUT2D eigenvalue weighted by Crippen LogP contribution is 2.36. The number of carbonyl (C=O) groups excluding carboxylic acids is 1. The van der Waals surface area contributed by atoms with Crippen molar-refractivity contribution in [3.8, 4) is 0 Å². The number of aromatic nitrogens is 2. The van der Waals surface area contributed by atoms with Crippen molar-refractivity contribution < 1.29 is 4.79 Å². The molecule has 2 aromatic heterocycles. The maximum Gasteiger partial charge on any atom is 0.261 e. The van der Waals surface area contributed by atoms with Crippen LogP contribution in [0.15, 0.2) is 6.33 Å². The third-order valence-electron chi connectivity index (χ3n) is 4.79. The van der Waals surface area contributed by atoms with E-state index in [9.17, 15) is 4.79 Å². The van der Waals surface area contributed by atoms with Crippen molar-refractivity contribution in [1.82, 2.24) is 15.3 Å². The molecule has 0 saturated heterocycles. The summed E-state index contributed by atoms with van der Waals surface area (Å²) in [7, 11) is 2.13. The van der Waals surface area contributed by atoms with Gasteiger partial charge in [0.25, 0.3) is 5.91 Å². The number of fused-ring (bicyclic) bond motifs is 1. The third-order valence-corrected chi connectivity index (χ3v) is 5.99. The molecule has 2 aromatic rings. The number of amides is 1. The normalized spacial score (nSPS) is 15.9. The zero-order valence-corrected chi connectivity index (χ0v) is 15.7. The SMILES string of the molecule is Cc1c(C(=O)NC(C)C)sc2ncnc(N(C)C3CCCCC3)c12. The molecule has 0 radical (unpaired) electrons. The maximum atomic E-state index is 12.5. The predicted octanol–water partition coefficient (Wildman–Crippen LogP) is 3.91. The molecule has 0 bridgehead atoms. The van der Waals surface area contributed by atoms with Crippen LogP contribution in [0.1, 0.15) is 61.2 Å². The molecule has 2 heterocycles. The van der Waals surface area contributed by atoms with Crippen molar-refractivity contribution in [3.05, 3.63) is 16.8 Å². The van der Waals surface area contributed by atoms with Crippen LogP contribution in [0, 0.1) is 6.92 Å². The Bertz CT molecular complexity index is 734. The highest BCUT2D eigenvalue weighted by atomic mass is 32.1. The fraction of sp³-hybridized carbons (Fsp3) is 0.611. The number of carbonyl (C=O) groups is 1. The molecule has 130 valence electrons. The van der Waals surface area contributed by atoms with Crippen molar-refractivity contribution in [3.63, 3.8) is 0 Å². The van der Waals surface area contributed by atoms with Gasteiger partial charge in [-0.1, -0.05) is 19.3 Å². The van der Waals surface area contributed by atoms with E-state index in [1.165, 1.54) is 43.4 Å². The summed E-state index contributed by atoms with van der Waals surface area (Å²) in [5, 5.41) is 4.01. The second-order valence-corrected chi connectivity index (χ2v) is 7.96. The van der Waals surface area contributed by atoms with E-state index in [-0.39, 0.29) is 11.9 Å². The van der Waals surface area contributed by atoms with Crippen LogP contribution in [0.3, 0.4) is 0 Å². The van der Waals surface area contributed by atoms with E-state index in [2.05, 4.69) is 27.2 Å². The fourth-order valence-corrected chi connectivity index (χ4v) is 4.55. The molecular formula is C18H26N4OS. The molecule has 1 amide bonds. The molecule has 0 aliphatic heterocycles. The van der Waals surface area contributed by atoms with Gasteiger partial charge in [0.05, 0.1) is 10.3 Å². The summed E-state index contributed by atoms with van der Waals surface area (Å²) in [6.07, 6.45) is 7.96. The van der Waals surface area contributed by atoms with Gasteiger partial charge in [0, 0.05) is 19.1 Å². The molecule has 1 N–H and O–H groups in total. The Balaban J connectivity index is 2.00. The lowest BCUT2D eigenvalue weighted by molar-refractivity contribution is 0.0947. The number of thiophene rings is 1. The smallest absolute Gasteiger partial charge is 0.261 e. The van der Waals surface area contributed by atoms with Gasteiger partial charge in [-0.2, -0.15) is 0 Å². The highest BCUT2D eigenvalue weighted by molar-refractivity contribution is 7.20. The second-order valence-electron chi connectivity index (χ2n) is 6.96. The fourth-order valence-electron chi connectivity index (χ4n) is 3.51. The van der Waals surface area contributed by atoms with E-state index < -0.39 is 0 Å². The molecule has 1 fully saturated rings. The Morgan fingerprint density at radius 1 is 1.29 bits per heavy atom. The molecule has 0 atom stereocenters. The summed E-state index contributed by atoms with van der Waals surface area (Å²) in [6, 6.07) is 0.654. The molecule has 1 saturated carbocycles. The van der Waals surface area contributed by atoms with Crippen molar-refractivity contribution in [2.45, 2.75) is 65.0 Å². The standard InChI is InChI=1S/C18H26N4OS/c1-11(2)21-17(23)15-12(3)14-16(19-10-20-18(14)24-15)22(4)13-8-6-5-7-9-13/h10-11,13H,5-9H2,1-4H3,(H,21,23). The summed E-state index contributed by atoms with van der Waals surface area (Å²) in [6.45, 7) is 5.96. The molecular weight excluding hydrogens is 320 g/mol. The number of hydrogen-bond acceptors (Lipinski definition) is 5. The predicted molar refractivity (Wildman–Crippen MR) is 100 cm³/mol. The largest absolute Gasteiger partial charge is 0.356 e. The van der Waals surface area contributed by atoms with Gasteiger partial charge >= 0.3 is 0 Å². The van der Waals surface area contributed by atoms with Gasteiger partial charge in [0.15, 0.2) is 0 Å². The van der Waals surface area contributed by atoms with E-state index >= 15 is 0 Å². The summed E-state index contributed by atoms with van der Waals surface area (Å²) < 4.78 is 0. The van der Waals surface area contributed by atoms with E-state index in [0.717, 1.165) is 26.5 Å². The molecule has 0 aromatic carbocycles. The Morgan fingerprint density at radius 3 is 2.67 bits per heavy atom. The van der Waals surface area contributed by atoms with Crippen LogP contribution in [0.25, 0.3) is 10.2 Å². The molecule has 3 rings (SSSR count). The Kier molecular flexibility index (Phi) is 5.04. The van der Waals surface area contributed by atoms with Gasteiger partial charge < -0.3 is 10.2 Å². The average Bonchev–Trinajstić information content (AvgIpc) is 2.92. The van der Waals surface area contributed by atoms with E-state index in [1.54, 1.807) is 6.33 Å². The number of anilines is 1. The summed E-state index contributed by atoms with van der Waals surface area (Å²) >= 11 is 1.46. The number of hydrogen-bond donors (Lipinski definition) is 1. The third kappa shape index (κ3) is 3.24. The maximum absolute atomic E-state index is 12.5. The number of aryl methyl sites for hydroxylation is 1. The molecule has 1 aliphatic carbocycles. The zero-order valence-electron chi connectivity index (χ0n) is 14.9. The summed E-state index contributed by atoms with van der Waals surface area (Å²) in [5.41, 5.74) is 0.992. The lowest BCUT2D eigenvalue weighted by Crippen LogP contribution is -2.34. The monoisotopic (exact) mass is 346 g/mol. The van der Waals surface area contributed by atoms with E-state index in [0.29, 0.717) is 6.04 Å². The van der Waals surface area contributed by atoms with Crippen LogP contribution in [-0.4, -0.2) is 35.0 Å². The van der Waals surface area contributed by atoms with Crippen LogP contribution in [0.2, 0.25) is 0 Å². The number of rotatable bonds is 4. The first kappa shape index (κ1) is 17.1. The van der Waals surface area contributed by atoms with Gasteiger partial charge in [-0.25, -0.2) is 9.97 Å². The highest BCUT2D eigenvalue weighted by Gasteiger charge is 2.25. The minimum Gasteiger partial charge on any atom is -0.356 e. The molecule has 24 heavy (non-hydrogen) atoms. The first-order valence-electron chi connectivity index (χ1n) is 8.76. The van der Waals surface area contributed by atoms with E-state index in [4.69, 9.17) is 0 Å². The molecule has 6 heteroatoms. The quantitative estimate of drug-likeness (QED) is 0.912.